The van der Waals surface area contributed by atoms with Crippen LogP contribution in [0.25, 0.3) is 0 Å². The summed E-state index contributed by atoms with van der Waals surface area (Å²) in [5.74, 6) is 0.966. The summed E-state index contributed by atoms with van der Waals surface area (Å²) in [4.78, 5) is 23.9. The maximum Gasteiger partial charge on any atom is 0.352 e. The normalized spacial score (nSPS) is 19.2. The van der Waals surface area contributed by atoms with E-state index in [-0.39, 0.29) is 11.6 Å². The van der Waals surface area contributed by atoms with Crippen LogP contribution in [0.5, 0.6) is 0 Å². The minimum Gasteiger partial charge on any atom is -0.431 e. The molecule has 1 heterocycles. The van der Waals surface area contributed by atoms with Gasteiger partial charge >= 0.3 is 5.97 Å². The van der Waals surface area contributed by atoms with Gasteiger partial charge in [0.1, 0.15) is 11.5 Å². The van der Waals surface area contributed by atoms with E-state index in [0.29, 0.717) is 0 Å². The Morgan fingerprint density at radius 2 is 2.27 bits per heavy atom. The van der Waals surface area contributed by atoms with Crippen LogP contribution in [0, 0.1) is 0 Å². The van der Waals surface area contributed by atoms with Gasteiger partial charge in [0.05, 0.1) is 12.3 Å². The van der Waals surface area contributed by atoms with Gasteiger partial charge in [-0.25, -0.2) is 9.59 Å². The Morgan fingerprint density at radius 1 is 1.53 bits per heavy atom. The lowest BCUT2D eigenvalue weighted by Gasteiger charge is -2.21. The number of ether oxygens (including phenoxy) is 1. The first-order valence-electron chi connectivity index (χ1n) is 4.69. The van der Waals surface area contributed by atoms with Gasteiger partial charge in [-0.3, -0.25) is 0 Å². The van der Waals surface area contributed by atoms with Crippen molar-refractivity contribution < 1.29 is 14.3 Å². The molecular formula is C11H13NO3. The monoisotopic (exact) mass is 207 g/mol. The molecule has 1 fully saturated rings. The minimum absolute atomic E-state index is 0.00676. The Morgan fingerprint density at radius 3 is 2.80 bits per heavy atom. The molecule has 0 bridgehead atoms. The molecule has 0 saturated carbocycles. The van der Waals surface area contributed by atoms with Crippen molar-refractivity contribution >= 4 is 11.9 Å². The maximum atomic E-state index is 11.4. The summed E-state index contributed by atoms with van der Waals surface area (Å²) in [6.45, 7) is 7.68. The summed E-state index contributed by atoms with van der Waals surface area (Å²) in [5.41, 5.74) is 0.00676. The Hall–Kier alpha value is -1.80. The molecule has 0 aromatic carbocycles. The summed E-state index contributed by atoms with van der Waals surface area (Å²) in [5, 5.41) is 0. The first-order chi connectivity index (χ1) is 7.24. The second-order valence-electron chi connectivity index (χ2n) is 3.17. The molecule has 0 aliphatic carbocycles. The lowest BCUT2D eigenvalue weighted by Crippen LogP contribution is -2.30. The van der Waals surface area contributed by atoms with Crippen LogP contribution in [0.2, 0.25) is 0 Å². The lowest BCUT2D eigenvalue weighted by molar-refractivity contribution is -0.134. The average molecular weight is 207 g/mol. The Labute approximate surface area is 88.5 Å². The number of carbonyl (C=O) groups excluding carboxylic acids is 2. The van der Waals surface area contributed by atoms with Gasteiger partial charge in [0, 0.05) is 6.54 Å². The maximum absolute atomic E-state index is 11.4. The van der Waals surface area contributed by atoms with Gasteiger partial charge in [-0.05, 0) is 19.0 Å². The third kappa shape index (κ3) is 2.36. The zero-order chi connectivity index (χ0) is 11.3. The molecule has 0 amide bonds. The Kier molecular flexibility index (Phi) is 3.89. The van der Waals surface area contributed by atoms with Crippen molar-refractivity contribution in [3.63, 3.8) is 0 Å². The van der Waals surface area contributed by atoms with Crippen molar-refractivity contribution in [1.29, 1.82) is 0 Å². The highest BCUT2D eigenvalue weighted by Gasteiger charge is 2.31. The molecule has 1 aliphatic rings. The molecule has 1 atom stereocenters. The minimum atomic E-state index is -0.682. The molecule has 4 nitrogen and oxygen atoms in total. The highest BCUT2D eigenvalue weighted by molar-refractivity contribution is 5.98. The fourth-order valence-electron chi connectivity index (χ4n) is 1.70. The topological polar surface area (TPSA) is 46.6 Å². The van der Waals surface area contributed by atoms with Gasteiger partial charge in [0.2, 0.25) is 0 Å². The van der Waals surface area contributed by atoms with E-state index in [1.54, 1.807) is 12.1 Å². The van der Waals surface area contributed by atoms with E-state index >= 15 is 0 Å². The van der Waals surface area contributed by atoms with Gasteiger partial charge < -0.3 is 9.64 Å². The second kappa shape index (κ2) is 5.17. The predicted octanol–water partition coefficient (Wildman–Crippen LogP) is 1.04. The van der Waals surface area contributed by atoms with Crippen LogP contribution in [0.4, 0.5) is 0 Å². The number of hydrogen-bond donors (Lipinski definition) is 0. The van der Waals surface area contributed by atoms with Crippen LogP contribution >= 0.6 is 0 Å². The van der Waals surface area contributed by atoms with Crippen molar-refractivity contribution in [3.8, 4) is 0 Å². The van der Waals surface area contributed by atoms with Gasteiger partial charge in [0.15, 0.2) is 0 Å². The van der Waals surface area contributed by atoms with Gasteiger partial charge in [0.25, 0.3) is 0 Å². The predicted molar refractivity (Wildman–Crippen MR) is 55.4 cm³/mol. The van der Waals surface area contributed by atoms with E-state index in [2.05, 4.69) is 17.9 Å². The summed E-state index contributed by atoms with van der Waals surface area (Å²) in [7, 11) is 0. The number of carbonyl (C=O) groups is 1. The number of likely N-dealkylation sites (tertiary alicyclic amines) is 1. The molecule has 1 rings (SSSR count). The number of hydrogen-bond acceptors (Lipinski definition) is 4. The first kappa shape index (κ1) is 11.3. The molecule has 0 aromatic rings. The quantitative estimate of drug-likeness (QED) is 0.299. The molecule has 1 saturated heterocycles. The third-order valence-electron chi connectivity index (χ3n) is 2.38. The van der Waals surface area contributed by atoms with Crippen LogP contribution < -0.4 is 0 Å². The smallest absolute Gasteiger partial charge is 0.352 e. The van der Waals surface area contributed by atoms with E-state index < -0.39 is 5.97 Å². The number of esters is 1. The molecule has 0 N–H and O–H groups in total. The van der Waals surface area contributed by atoms with Crippen LogP contribution in [-0.2, 0) is 14.3 Å². The van der Waals surface area contributed by atoms with Crippen LogP contribution in [-0.4, -0.2) is 29.4 Å². The molecule has 1 unspecified atom stereocenters. The Bertz CT molecular complexity index is 329. The number of nitrogens with zero attached hydrogens (tertiary/aromatic N) is 1. The molecule has 1 aliphatic heterocycles. The SMILES string of the molecule is C=COC(=O)C(=C=O)C1CCCN1C=C. The molecular weight excluding hydrogens is 194 g/mol. The van der Waals surface area contributed by atoms with Gasteiger partial charge in [-0.1, -0.05) is 13.2 Å². The summed E-state index contributed by atoms with van der Waals surface area (Å²) in [6.07, 6.45) is 4.29. The highest BCUT2D eigenvalue weighted by atomic mass is 16.5. The summed E-state index contributed by atoms with van der Waals surface area (Å²) >= 11 is 0. The lowest BCUT2D eigenvalue weighted by atomic mass is 10.1. The van der Waals surface area contributed by atoms with Crippen molar-refractivity contribution in [3.05, 3.63) is 31.2 Å². The highest BCUT2D eigenvalue weighted by Crippen LogP contribution is 2.23. The summed E-state index contributed by atoms with van der Waals surface area (Å²) < 4.78 is 4.56. The van der Waals surface area contributed by atoms with Crippen molar-refractivity contribution in [2.75, 3.05) is 6.54 Å². The van der Waals surface area contributed by atoms with Crippen molar-refractivity contribution in [2.45, 2.75) is 18.9 Å². The first-order valence-corrected chi connectivity index (χ1v) is 4.69. The Balaban J connectivity index is 2.83. The standard InChI is InChI=1S/C11H13NO3/c1-3-12-7-5-6-10(12)9(8-13)11(14)15-4-2/h3-4,10H,1-2,5-7H2. The van der Waals surface area contributed by atoms with Gasteiger partial charge in [-0.15, -0.1) is 0 Å². The number of rotatable bonds is 4. The molecule has 0 radical (unpaired) electrons. The van der Waals surface area contributed by atoms with Crippen molar-refractivity contribution in [1.82, 2.24) is 4.90 Å². The zero-order valence-corrected chi connectivity index (χ0v) is 8.44. The fraction of sp³-hybridized carbons (Fsp3) is 0.364. The largest absolute Gasteiger partial charge is 0.431 e. The molecule has 0 spiro atoms. The van der Waals surface area contributed by atoms with E-state index in [1.807, 2.05) is 4.90 Å². The third-order valence-corrected chi connectivity index (χ3v) is 2.38. The van der Waals surface area contributed by atoms with Crippen LogP contribution in [0.1, 0.15) is 12.8 Å². The molecule has 80 valence electrons. The van der Waals surface area contributed by atoms with Crippen molar-refractivity contribution in [2.24, 2.45) is 0 Å². The van der Waals surface area contributed by atoms with E-state index in [0.717, 1.165) is 25.6 Å². The molecule has 15 heavy (non-hydrogen) atoms. The van der Waals surface area contributed by atoms with E-state index in [1.165, 1.54) is 0 Å². The average Bonchev–Trinajstić information content (AvgIpc) is 2.67. The molecule has 0 aromatic heterocycles. The van der Waals surface area contributed by atoms with E-state index in [4.69, 9.17) is 0 Å². The second-order valence-corrected chi connectivity index (χ2v) is 3.17. The van der Waals surface area contributed by atoms with Crippen LogP contribution in [0.3, 0.4) is 0 Å². The zero-order valence-electron chi connectivity index (χ0n) is 8.44. The van der Waals surface area contributed by atoms with Crippen LogP contribution in [0.15, 0.2) is 31.2 Å². The molecule has 4 heteroatoms. The fourth-order valence-corrected chi connectivity index (χ4v) is 1.70. The summed E-state index contributed by atoms with van der Waals surface area (Å²) in [6, 6.07) is -0.257. The van der Waals surface area contributed by atoms with Gasteiger partial charge in [-0.2, -0.15) is 0 Å². The van der Waals surface area contributed by atoms with E-state index in [9.17, 15) is 9.59 Å².